The zero-order chi connectivity index (χ0) is 38.3. The van der Waals surface area contributed by atoms with Crippen molar-refractivity contribution in [2.45, 2.75) is 6.92 Å². The van der Waals surface area contributed by atoms with Crippen molar-refractivity contribution in [1.29, 1.82) is 0 Å². The number of rotatable bonds is 8. The van der Waals surface area contributed by atoms with Crippen LogP contribution in [0.2, 0.25) is 0 Å². The van der Waals surface area contributed by atoms with Gasteiger partial charge in [0.1, 0.15) is 0 Å². The number of aromatic nitrogens is 2. The maximum absolute atomic E-state index is 3.84. The Bertz CT molecular complexity index is 3170. The number of nitrogens with zero attached hydrogens (tertiary/aromatic N) is 2. The maximum Gasteiger partial charge on any atom is 0.0541 e. The quantitative estimate of drug-likeness (QED) is 0.138. The van der Waals surface area contributed by atoms with E-state index in [0.29, 0.717) is 0 Å². The van der Waals surface area contributed by atoms with Crippen LogP contribution in [0.3, 0.4) is 0 Å². The Morgan fingerprint density at radius 3 is 1.44 bits per heavy atom. The third-order valence-corrected chi connectivity index (χ3v) is 11.2. The highest BCUT2D eigenvalue weighted by Crippen LogP contribution is 2.39. The summed E-state index contributed by atoms with van der Waals surface area (Å²) in [7, 11) is 0. The second-order valence-corrected chi connectivity index (χ2v) is 14.7. The SMILES string of the molecule is C=C/C=C\C=C(/C)c1cc(-c2ccccc2)cc(-n2c3ccccc3c3cc(-c4ccc5c(c4)c4ccccc4n5-c4ccc(-c5ccccc5)cc4)ccc32)c1. The lowest BCUT2D eigenvalue weighted by atomic mass is 9.98. The van der Waals surface area contributed by atoms with E-state index in [4.69, 9.17) is 0 Å². The van der Waals surface area contributed by atoms with Crippen molar-refractivity contribution in [3.05, 3.63) is 225 Å². The van der Waals surface area contributed by atoms with Crippen LogP contribution < -0.4 is 0 Å². The van der Waals surface area contributed by atoms with Crippen molar-refractivity contribution in [2.75, 3.05) is 0 Å². The summed E-state index contributed by atoms with van der Waals surface area (Å²) in [6, 6.07) is 68.6. The fourth-order valence-corrected chi connectivity index (χ4v) is 8.43. The van der Waals surface area contributed by atoms with E-state index < -0.39 is 0 Å². The molecule has 0 saturated carbocycles. The molecule has 2 aromatic heterocycles. The first-order valence-corrected chi connectivity index (χ1v) is 19.5. The number of allylic oxidation sites excluding steroid dienone is 5. The molecule has 57 heavy (non-hydrogen) atoms. The molecule has 0 spiro atoms. The van der Waals surface area contributed by atoms with E-state index in [-0.39, 0.29) is 0 Å². The molecule has 0 radical (unpaired) electrons. The standard InChI is InChI=1S/C55H40N2/c1-3-4-7-16-38(2)44-33-45(40-19-10-6-11-20-40)35-47(34-44)57-53-24-15-13-22-49(53)51-37-43(28-32-55(51)57)42-27-31-54-50(36-42)48-21-12-14-23-52(48)56(54)46-29-25-41(26-30-46)39-17-8-5-9-18-39/h3-37H,1H2,2H3/b7-4-,38-16+. The fraction of sp³-hybridized carbons (Fsp3) is 0.0182. The molecule has 0 fully saturated rings. The summed E-state index contributed by atoms with van der Waals surface area (Å²) in [6.45, 7) is 6.02. The van der Waals surface area contributed by atoms with Gasteiger partial charge >= 0.3 is 0 Å². The molecular formula is C55H40N2. The highest BCUT2D eigenvalue weighted by Gasteiger charge is 2.17. The van der Waals surface area contributed by atoms with Gasteiger partial charge in [-0.05, 0) is 118 Å². The smallest absolute Gasteiger partial charge is 0.0541 e. The Morgan fingerprint density at radius 1 is 0.386 bits per heavy atom. The summed E-state index contributed by atoms with van der Waals surface area (Å²) in [4.78, 5) is 0. The van der Waals surface area contributed by atoms with Crippen molar-refractivity contribution in [3.63, 3.8) is 0 Å². The number of hydrogen-bond acceptors (Lipinski definition) is 0. The molecule has 0 aliphatic carbocycles. The molecule has 0 atom stereocenters. The first-order chi connectivity index (χ1) is 28.1. The molecule has 0 amide bonds. The van der Waals surface area contributed by atoms with Crippen LogP contribution >= 0.6 is 0 Å². The van der Waals surface area contributed by atoms with E-state index in [0.717, 1.165) is 11.4 Å². The first-order valence-electron chi connectivity index (χ1n) is 19.5. The van der Waals surface area contributed by atoms with Crippen molar-refractivity contribution >= 4 is 49.2 Å². The first kappa shape index (κ1) is 34.1. The van der Waals surface area contributed by atoms with Gasteiger partial charge in [0.05, 0.1) is 22.1 Å². The largest absolute Gasteiger partial charge is 0.309 e. The Hall–Kier alpha value is -7.42. The second kappa shape index (κ2) is 14.3. The highest BCUT2D eigenvalue weighted by molar-refractivity contribution is 6.12. The minimum absolute atomic E-state index is 1.14. The normalized spacial score (nSPS) is 12.1. The number of fused-ring (bicyclic) bond motifs is 6. The molecule has 2 nitrogen and oxygen atoms in total. The fourth-order valence-electron chi connectivity index (χ4n) is 8.43. The Balaban J connectivity index is 1.11. The van der Waals surface area contributed by atoms with E-state index in [1.54, 1.807) is 0 Å². The minimum Gasteiger partial charge on any atom is -0.309 e. The van der Waals surface area contributed by atoms with Gasteiger partial charge < -0.3 is 9.13 Å². The number of benzene rings is 8. The van der Waals surface area contributed by atoms with E-state index in [2.05, 4.69) is 223 Å². The van der Waals surface area contributed by atoms with Gasteiger partial charge in [-0.2, -0.15) is 0 Å². The summed E-state index contributed by atoms with van der Waals surface area (Å²) < 4.78 is 4.82. The molecule has 270 valence electrons. The maximum atomic E-state index is 3.84. The molecule has 0 N–H and O–H groups in total. The predicted molar refractivity (Wildman–Crippen MR) is 244 cm³/mol. The van der Waals surface area contributed by atoms with Crippen LogP contribution in [0.5, 0.6) is 0 Å². The van der Waals surface area contributed by atoms with Crippen LogP contribution in [0.1, 0.15) is 12.5 Å². The van der Waals surface area contributed by atoms with Gasteiger partial charge in [-0.1, -0.05) is 152 Å². The van der Waals surface area contributed by atoms with Crippen molar-refractivity contribution < 1.29 is 0 Å². The van der Waals surface area contributed by atoms with Crippen LogP contribution in [-0.2, 0) is 0 Å². The molecule has 0 unspecified atom stereocenters. The van der Waals surface area contributed by atoms with Crippen LogP contribution in [0.25, 0.3) is 93.9 Å². The monoisotopic (exact) mass is 728 g/mol. The van der Waals surface area contributed by atoms with Crippen molar-refractivity contribution in [2.24, 2.45) is 0 Å². The average Bonchev–Trinajstić information content (AvgIpc) is 3.79. The predicted octanol–water partition coefficient (Wildman–Crippen LogP) is 15.0. The molecule has 0 bridgehead atoms. The zero-order valence-electron chi connectivity index (χ0n) is 31.8. The Kier molecular flexibility index (Phi) is 8.58. The van der Waals surface area contributed by atoms with Gasteiger partial charge in [-0.3, -0.25) is 0 Å². The zero-order valence-corrected chi connectivity index (χ0v) is 31.8. The van der Waals surface area contributed by atoms with Gasteiger partial charge in [0.15, 0.2) is 0 Å². The van der Waals surface area contributed by atoms with Gasteiger partial charge in [0.25, 0.3) is 0 Å². The summed E-state index contributed by atoms with van der Waals surface area (Å²) >= 11 is 0. The molecule has 8 aromatic carbocycles. The molecule has 2 heterocycles. The topological polar surface area (TPSA) is 9.86 Å². The highest BCUT2D eigenvalue weighted by atomic mass is 15.0. The van der Waals surface area contributed by atoms with Gasteiger partial charge in [-0.15, -0.1) is 0 Å². The Morgan fingerprint density at radius 2 is 0.860 bits per heavy atom. The van der Waals surface area contributed by atoms with E-state index >= 15 is 0 Å². The number of hydrogen-bond donors (Lipinski definition) is 0. The van der Waals surface area contributed by atoms with E-state index in [1.165, 1.54) is 88.1 Å². The third-order valence-electron chi connectivity index (χ3n) is 11.2. The summed E-state index contributed by atoms with van der Waals surface area (Å²) in [5, 5.41) is 4.96. The lowest BCUT2D eigenvalue weighted by molar-refractivity contribution is 1.18. The molecule has 2 heteroatoms. The third kappa shape index (κ3) is 6.09. The van der Waals surface area contributed by atoms with Gasteiger partial charge in [-0.25, -0.2) is 0 Å². The summed E-state index contributed by atoms with van der Waals surface area (Å²) in [5.41, 5.74) is 16.6. The number of para-hydroxylation sites is 2. The molecule has 10 aromatic rings. The lowest BCUT2D eigenvalue weighted by Gasteiger charge is -2.14. The molecular weight excluding hydrogens is 689 g/mol. The van der Waals surface area contributed by atoms with Gasteiger partial charge in [0.2, 0.25) is 0 Å². The van der Waals surface area contributed by atoms with Crippen LogP contribution in [-0.4, -0.2) is 9.13 Å². The second-order valence-electron chi connectivity index (χ2n) is 14.7. The summed E-state index contributed by atoms with van der Waals surface area (Å²) in [5.74, 6) is 0. The minimum atomic E-state index is 1.14. The van der Waals surface area contributed by atoms with Crippen LogP contribution in [0.4, 0.5) is 0 Å². The molecule has 10 rings (SSSR count). The van der Waals surface area contributed by atoms with Gasteiger partial charge in [0, 0.05) is 32.9 Å². The average molecular weight is 729 g/mol. The Labute approximate surface area is 333 Å². The summed E-state index contributed by atoms with van der Waals surface area (Å²) in [6.07, 6.45) is 7.99. The van der Waals surface area contributed by atoms with Crippen LogP contribution in [0.15, 0.2) is 219 Å². The van der Waals surface area contributed by atoms with E-state index in [9.17, 15) is 0 Å². The van der Waals surface area contributed by atoms with E-state index in [1.807, 2.05) is 12.2 Å². The molecule has 0 aliphatic heterocycles. The lowest BCUT2D eigenvalue weighted by Crippen LogP contribution is -1.97. The molecule has 0 saturated heterocycles. The molecule has 0 aliphatic rings. The van der Waals surface area contributed by atoms with Crippen LogP contribution in [0, 0.1) is 0 Å². The van der Waals surface area contributed by atoms with Crippen molar-refractivity contribution in [1.82, 2.24) is 9.13 Å². The van der Waals surface area contributed by atoms with Crippen molar-refractivity contribution in [3.8, 4) is 44.8 Å².